The molecule has 0 aliphatic heterocycles. The number of furan rings is 1. The van der Waals surface area contributed by atoms with E-state index >= 15 is 0 Å². The first kappa shape index (κ1) is 23.6. The molecule has 0 bridgehead atoms. The monoisotopic (exact) mass is 503 g/mol. The van der Waals surface area contributed by atoms with E-state index in [4.69, 9.17) is 18.6 Å². The molecule has 0 unspecified atom stereocenters. The van der Waals surface area contributed by atoms with Crippen molar-refractivity contribution in [2.45, 2.75) is 20.0 Å². The van der Waals surface area contributed by atoms with E-state index in [-0.39, 0.29) is 24.0 Å². The van der Waals surface area contributed by atoms with Gasteiger partial charge in [-0.2, -0.15) is 0 Å². The van der Waals surface area contributed by atoms with Crippen molar-refractivity contribution in [1.29, 1.82) is 0 Å². The summed E-state index contributed by atoms with van der Waals surface area (Å²) >= 11 is 0. The van der Waals surface area contributed by atoms with E-state index in [2.05, 4.69) is 15.6 Å². The number of nitrogens with one attached hydrogen (secondary N) is 2. The number of benzene rings is 1. The Labute approximate surface area is 181 Å². The van der Waals surface area contributed by atoms with Gasteiger partial charge in [0.25, 0.3) is 0 Å². The van der Waals surface area contributed by atoms with Crippen LogP contribution < -0.4 is 20.1 Å². The number of esters is 1. The normalized spacial score (nSPS) is 10.7. The fraction of sp³-hybridized carbons (Fsp3) is 0.368. The second-order valence-corrected chi connectivity index (χ2v) is 5.64. The van der Waals surface area contributed by atoms with Gasteiger partial charge in [0, 0.05) is 13.6 Å². The van der Waals surface area contributed by atoms with Crippen LogP contribution in [0.4, 0.5) is 0 Å². The van der Waals surface area contributed by atoms with E-state index in [1.165, 1.54) is 7.11 Å². The predicted octanol–water partition coefficient (Wildman–Crippen LogP) is 2.88. The van der Waals surface area contributed by atoms with Crippen molar-refractivity contribution in [3.8, 4) is 11.5 Å². The molecule has 0 aliphatic rings. The fourth-order valence-electron chi connectivity index (χ4n) is 2.51. The second kappa shape index (κ2) is 11.4. The first-order chi connectivity index (χ1) is 13.0. The molecule has 0 amide bonds. The van der Waals surface area contributed by atoms with Crippen molar-refractivity contribution in [2.75, 3.05) is 28.4 Å². The highest BCUT2D eigenvalue weighted by atomic mass is 127. The van der Waals surface area contributed by atoms with Crippen molar-refractivity contribution in [1.82, 2.24) is 10.6 Å². The summed E-state index contributed by atoms with van der Waals surface area (Å²) in [6.45, 7) is 2.65. The maximum atomic E-state index is 11.6. The molecule has 9 heteroatoms. The van der Waals surface area contributed by atoms with Crippen LogP contribution in [-0.2, 0) is 17.8 Å². The van der Waals surface area contributed by atoms with Crippen LogP contribution in [0, 0.1) is 6.92 Å². The van der Waals surface area contributed by atoms with Crippen LogP contribution in [0.2, 0.25) is 0 Å². The van der Waals surface area contributed by atoms with Crippen molar-refractivity contribution in [3.05, 3.63) is 46.9 Å². The third-order valence-corrected chi connectivity index (χ3v) is 3.94. The number of aryl methyl sites for hydroxylation is 1. The van der Waals surface area contributed by atoms with Crippen molar-refractivity contribution >= 4 is 35.9 Å². The lowest BCUT2D eigenvalue weighted by Gasteiger charge is -2.13. The Hall–Kier alpha value is -2.43. The summed E-state index contributed by atoms with van der Waals surface area (Å²) < 4.78 is 20.8. The zero-order chi connectivity index (χ0) is 19.8. The minimum Gasteiger partial charge on any atom is -0.493 e. The largest absolute Gasteiger partial charge is 0.493 e. The molecule has 1 aromatic carbocycles. The number of halogens is 1. The van der Waals surface area contributed by atoms with Crippen molar-refractivity contribution < 1.29 is 23.4 Å². The van der Waals surface area contributed by atoms with E-state index < -0.39 is 5.97 Å². The minimum absolute atomic E-state index is 0. The summed E-state index contributed by atoms with van der Waals surface area (Å²) in [5.41, 5.74) is 1.43. The summed E-state index contributed by atoms with van der Waals surface area (Å²) in [5, 5.41) is 6.35. The Morgan fingerprint density at radius 2 is 1.75 bits per heavy atom. The quantitative estimate of drug-likeness (QED) is 0.260. The average Bonchev–Trinajstić information content (AvgIpc) is 3.07. The number of rotatable bonds is 7. The molecule has 8 nitrogen and oxygen atoms in total. The smallest absolute Gasteiger partial charge is 0.341 e. The van der Waals surface area contributed by atoms with Gasteiger partial charge in [-0.05, 0) is 30.7 Å². The molecular weight excluding hydrogens is 477 g/mol. The number of carbonyl (C=O) groups is 1. The highest BCUT2D eigenvalue weighted by molar-refractivity contribution is 14.0. The summed E-state index contributed by atoms with van der Waals surface area (Å²) in [6.07, 6.45) is 0. The predicted molar refractivity (Wildman–Crippen MR) is 117 cm³/mol. The zero-order valence-electron chi connectivity index (χ0n) is 16.6. The number of hydrogen-bond acceptors (Lipinski definition) is 6. The van der Waals surface area contributed by atoms with Crippen LogP contribution >= 0.6 is 24.0 Å². The number of aliphatic imine (C=N–C) groups is 1. The molecule has 0 saturated carbocycles. The van der Waals surface area contributed by atoms with Crippen LogP contribution in [0.1, 0.15) is 27.4 Å². The molecule has 154 valence electrons. The number of ether oxygens (including phenoxy) is 3. The van der Waals surface area contributed by atoms with Crippen LogP contribution in [0.3, 0.4) is 0 Å². The summed E-state index contributed by atoms with van der Waals surface area (Å²) in [5.74, 6) is 2.66. The standard InChI is InChI=1S/C19H25N3O5.HI/c1-12-15(18(23)26-5)9-14(27-12)11-22-19(20-2)21-10-13-6-7-16(24-3)17(8-13)25-4;/h6-9H,10-11H2,1-5H3,(H2,20,21,22);1H. The van der Waals surface area contributed by atoms with Crippen LogP contribution in [0.5, 0.6) is 11.5 Å². The Bertz CT molecular complexity index is 820. The first-order valence-corrected chi connectivity index (χ1v) is 8.35. The average molecular weight is 503 g/mol. The molecule has 2 rings (SSSR count). The minimum atomic E-state index is -0.418. The van der Waals surface area contributed by atoms with E-state index in [1.54, 1.807) is 34.3 Å². The molecule has 0 saturated heterocycles. The van der Waals surface area contributed by atoms with Gasteiger partial charge in [0.05, 0.1) is 27.9 Å². The Kier molecular flexibility index (Phi) is 9.63. The molecule has 0 radical (unpaired) electrons. The molecule has 0 atom stereocenters. The topological polar surface area (TPSA) is 94.3 Å². The third kappa shape index (κ3) is 6.04. The molecule has 1 heterocycles. The van der Waals surface area contributed by atoms with Gasteiger partial charge in [0.15, 0.2) is 17.5 Å². The van der Waals surface area contributed by atoms with E-state index in [0.717, 1.165) is 5.56 Å². The highest BCUT2D eigenvalue weighted by Gasteiger charge is 2.15. The zero-order valence-corrected chi connectivity index (χ0v) is 19.0. The van der Waals surface area contributed by atoms with Gasteiger partial charge in [0.1, 0.15) is 17.1 Å². The lowest BCUT2D eigenvalue weighted by Crippen LogP contribution is -2.36. The van der Waals surface area contributed by atoms with Gasteiger partial charge in [-0.25, -0.2) is 4.79 Å². The summed E-state index contributed by atoms with van der Waals surface area (Å²) in [4.78, 5) is 15.8. The van der Waals surface area contributed by atoms with E-state index in [0.29, 0.717) is 47.6 Å². The molecular formula is C19H26IN3O5. The molecule has 0 aliphatic carbocycles. The van der Waals surface area contributed by atoms with Crippen molar-refractivity contribution in [3.63, 3.8) is 0 Å². The van der Waals surface area contributed by atoms with Crippen molar-refractivity contribution in [2.24, 2.45) is 4.99 Å². The highest BCUT2D eigenvalue weighted by Crippen LogP contribution is 2.27. The van der Waals surface area contributed by atoms with E-state index in [9.17, 15) is 4.79 Å². The summed E-state index contributed by atoms with van der Waals surface area (Å²) in [6, 6.07) is 7.36. The fourth-order valence-corrected chi connectivity index (χ4v) is 2.51. The summed E-state index contributed by atoms with van der Waals surface area (Å²) in [7, 11) is 6.22. The Balaban J connectivity index is 0.00000392. The third-order valence-electron chi connectivity index (χ3n) is 3.94. The molecule has 28 heavy (non-hydrogen) atoms. The van der Waals surface area contributed by atoms with Gasteiger partial charge in [-0.15, -0.1) is 24.0 Å². The number of methoxy groups -OCH3 is 3. The molecule has 0 fully saturated rings. The van der Waals surface area contributed by atoms with Gasteiger partial charge < -0.3 is 29.3 Å². The van der Waals surface area contributed by atoms with Crippen LogP contribution in [0.15, 0.2) is 33.7 Å². The number of guanidine groups is 1. The van der Waals surface area contributed by atoms with Crippen LogP contribution in [-0.4, -0.2) is 40.3 Å². The molecule has 1 aromatic heterocycles. The maximum Gasteiger partial charge on any atom is 0.341 e. The van der Waals surface area contributed by atoms with Gasteiger partial charge in [-0.1, -0.05) is 6.07 Å². The SMILES string of the molecule is CN=C(NCc1ccc(OC)c(OC)c1)NCc1cc(C(=O)OC)c(C)o1.I. The Morgan fingerprint density at radius 1 is 1.07 bits per heavy atom. The first-order valence-electron chi connectivity index (χ1n) is 8.35. The number of nitrogens with zero attached hydrogens (tertiary/aromatic N) is 1. The molecule has 2 N–H and O–H groups in total. The second-order valence-electron chi connectivity index (χ2n) is 5.64. The number of hydrogen-bond donors (Lipinski definition) is 2. The van der Waals surface area contributed by atoms with E-state index in [1.807, 2.05) is 18.2 Å². The lowest BCUT2D eigenvalue weighted by molar-refractivity contribution is 0.0599. The lowest BCUT2D eigenvalue weighted by atomic mass is 10.2. The molecule has 2 aromatic rings. The number of carbonyl (C=O) groups excluding carboxylic acids is 1. The molecule has 0 spiro atoms. The van der Waals surface area contributed by atoms with Gasteiger partial charge in [0.2, 0.25) is 0 Å². The Morgan fingerprint density at radius 3 is 2.36 bits per heavy atom. The van der Waals surface area contributed by atoms with Gasteiger partial charge >= 0.3 is 5.97 Å². The van der Waals surface area contributed by atoms with Gasteiger partial charge in [-0.3, -0.25) is 4.99 Å². The van der Waals surface area contributed by atoms with Crippen LogP contribution in [0.25, 0.3) is 0 Å². The maximum absolute atomic E-state index is 11.6.